The topological polar surface area (TPSA) is 89.6 Å². The zero-order chi connectivity index (χ0) is 11.6. The second-order valence-corrected chi connectivity index (χ2v) is 2.69. The molecule has 1 amide bonds. The summed E-state index contributed by atoms with van der Waals surface area (Å²) in [6, 6.07) is 0.864. The lowest BCUT2D eigenvalue weighted by atomic mass is 10.1. The number of phenolic OH excluding ortho intramolecular Hbond substituents is 1. The molecule has 1 aromatic rings. The number of methoxy groups -OCH3 is 1. The molecule has 15 heavy (non-hydrogen) atoms. The Morgan fingerprint density at radius 3 is 2.67 bits per heavy atom. The first-order valence-corrected chi connectivity index (χ1v) is 3.87. The summed E-state index contributed by atoms with van der Waals surface area (Å²) in [4.78, 5) is 21.3. The van der Waals surface area contributed by atoms with Gasteiger partial charge in [0.15, 0.2) is 23.6 Å². The van der Waals surface area contributed by atoms with E-state index in [1.807, 2.05) is 0 Å². The Bertz CT molecular complexity index is 431. The standard InChI is InChI=1S/C9H8FNO4/c1-15-8-6(10)5(9(11)14)2-4(3-12)7(8)13/h2-3,13H,1H3,(H2,11,14). The van der Waals surface area contributed by atoms with Crippen molar-refractivity contribution in [3.8, 4) is 11.5 Å². The third kappa shape index (κ3) is 1.74. The lowest BCUT2D eigenvalue weighted by Gasteiger charge is -2.09. The molecule has 1 aromatic carbocycles. The van der Waals surface area contributed by atoms with Crippen molar-refractivity contribution >= 4 is 12.2 Å². The highest BCUT2D eigenvalue weighted by atomic mass is 19.1. The number of halogens is 1. The molecule has 0 aliphatic carbocycles. The summed E-state index contributed by atoms with van der Waals surface area (Å²) in [5, 5.41) is 9.33. The molecule has 3 N–H and O–H groups in total. The minimum Gasteiger partial charge on any atom is -0.504 e. The molecular formula is C9H8FNO4. The lowest BCUT2D eigenvalue weighted by Crippen LogP contribution is -2.14. The largest absolute Gasteiger partial charge is 0.504 e. The van der Waals surface area contributed by atoms with Gasteiger partial charge in [0.05, 0.1) is 18.2 Å². The summed E-state index contributed by atoms with van der Waals surface area (Å²) in [7, 11) is 1.09. The molecule has 0 aliphatic heterocycles. The molecule has 0 saturated heterocycles. The highest BCUT2D eigenvalue weighted by molar-refractivity contribution is 5.96. The first-order chi connectivity index (χ1) is 7.02. The number of primary amides is 1. The molecule has 0 atom stereocenters. The van der Waals surface area contributed by atoms with Gasteiger partial charge in [0.25, 0.3) is 5.91 Å². The van der Waals surface area contributed by atoms with Crippen LogP contribution in [-0.4, -0.2) is 24.4 Å². The average molecular weight is 213 g/mol. The minimum absolute atomic E-state index is 0.262. The van der Waals surface area contributed by atoms with Gasteiger partial charge in [-0.25, -0.2) is 4.39 Å². The fourth-order valence-corrected chi connectivity index (χ4v) is 1.10. The molecule has 0 heterocycles. The number of aldehydes is 1. The summed E-state index contributed by atoms with van der Waals surface area (Å²) in [6.45, 7) is 0. The smallest absolute Gasteiger partial charge is 0.251 e. The third-order valence-corrected chi connectivity index (χ3v) is 1.82. The minimum atomic E-state index is -1.09. The summed E-state index contributed by atoms with van der Waals surface area (Å²) < 4.78 is 17.9. The van der Waals surface area contributed by atoms with Crippen LogP contribution < -0.4 is 10.5 Å². The van der Waals surface area contributed by atoms with E-state index in [9.17, 15) is 19.1 Å². The number of carbonyl (C=O) groups is 2. The number of nitrogens with two attached hydrogens (primary N) is 1. The fraction of sp³-hybridized carbons (Fsp3) is 0.111. The lowest BCUT2D eigenvalue weighted by molar-refractivity contribution is 0.0995. The van der Waals surface area contributed by atoms with Gasteiger partial charge >= 0.3 is 0 Å². The molecule has 80 valence electrons. The third-order valence-electron chi connectivity index (χ3n) is 1.82. The van der Waals surface area contributed by atoms with Gasteiger partial charge in [-0.05, 0) is 6.07 Å². The number of rotatable bonds is 3. The monoisotopic (exact) mass is 213 g/mol. The molecule has 0 aliphatic rings. The van der Waals surface area contributed by atoms with E-state index in [1.165, 1.54) is 0 Å². The van der Waals surface area contributed by atoms with Crippen molar-refractivity contribution in [2.75, 3.05) is 7.11 Å². The number of ether oxygens (including phenoxy) is 1. The maximum atomic E-state index is 13.4. The van der Waals surface area contributed by atoms with Crippen LogP contribution in [0.2, 0.25) is 0 Å². The molecule has 0 spiro atoms. The summed E-state index contributed by atoms with van der Waals surface area (Å²) in [5.41, 5.74) is 4.11. The molecule has 6 heteroatoms. The Labute approximate surface area is 84.3 Å². The van der Waals surface area contributed by atoms with Gasteiger partial charge in [0.1, 0.15) is 0 Å². The molecular weight excluding hydrogens is 205 g/mol. The van der Waals surface area contributed by atoms with E-state index in [2.05, 4.69) is 4.74 Å². The molecule has 0 unspecified atom stereocenters. The summed E-state index contributed by atoms with van der Waals surface area (Å²) >= 11 is 0. The van der Waals surface area contributed by atoms with Crippen molar-refractivity contribution < 1.29 is 23.8 Å². The highest BCUT2D eigenvalue weighted by Crippen LogP contribution is 2.33. The van der Waals surface area contributed by atoms with Gasteiger partial charge in [-0.15, -0.1) is 0 Å². The molecule has 0 saturated carbocycles. The van der Waals surface area contributed by atoms with Crippen LogP contribution in [0.3, 0.4) is 0 Å². The van der Waals surface area contributed by atoms with E-state index in [1.54, 1.807) is 0 Å². The van der Waals surface area contributed by atoms with Crippen molar-refractivity contribution in [3.05, 3.63) is 23.0 Å². The van der Waals surface area contributed by atoms with Gasteiger partial charge in [0, 0.05) is 0 Å². The SMILES string of the molecule is COc1c(O)c(C=O)cc(C(N)=O)c1F. The van der Waals surface area contributed by atoms with Crippen LogP contribution >= 0.6 is 0 Å². The number of carbonyl (C=O) groups excluding carboxylic acids is 2. The van der Waals surface area contributed by atoms with E-state index >= 15 is 0 Å². The van der Waals surface area contributed by atoms with Gasteiger partial charge in [0.2, 0.25) is 0 Å². The second kappa shape index (κ2) is 3.95. The molecule has 0 radical (unpaired) electrons. The molecule has 5 nitrogen and oxygen atoms in total. The number of hydrogen-bond donors (Lipinski definition) is 2. The van der Waals surface area contributed by atoms with Crippen molar-refractivity contribution in [1.29, 1.82) is 0 Å². The number of amides is 1. The Morgan fingerprint density at radius 2 is 2.27 bits per heavy atom. The summed E-state index contributed by atoms with van der Waals surface area (Å²) in [5.74, 6) is -3.37. The normalized spacial score (nSPS) is 9.73. The fourth-order valence-electron chi connectivity index (χ4n) is 1.10. The molecule has 0 aromatic heterocycles. The predicted octanol–water partition coefficient (Wildman–Crippen LogP) is 0.451. The van der Waals surface area contributed by atoms with Crippen LogP contribution in [0.25, 0.3) is 0 Å². The Hall–Kier alpha value is -2.11. The second-order valence-electron chi connectivity index (χ2n) is 2.69. The first-order valence-electron chi connectivity index (χ1n) is 3.87. The Kier molecular flexibility index (Phi) is 2.89. The average Bonchev–Trinajstić information content (AvgIpc) is 2.18. The van der Waals surface area contributed by atoms with Crippen molar-refractivity contribution in [1.82, 2.24) is 0 Å². The van der Waals surface area contributed by atoms with Crippen LogP contribution in [0, 0.1) is 5.82 Å². The van der Waals surface area contributed by atoms with Crippen molar-refractivity contribution in [2.24, 2.45) is 5.73 Å². The zero-order valence-corrected chi connectivity index (χ0v) is 7.78. The number of phenols is 1. The maximum absolute atomic E-state index is 13.4. The van der Waals surface area contributed by atoms with Gasteiger partial charge < -0.3 is 15.6 Å². The van der Waals surface area contributed by atoms with E-state index in [-0.39, 0.29) is 11.8 Å². The number of aromatic hydroxyl groups is 1. The predicted molar refractivity (Wildman–Crippen MR) is 48.5 cm³/mol. The van der Waals surface area contributed by atoms with E-state index < -0.39 is 28.8 Å². The maximum Gasteiger partial charge on any atom is 0.251 e. The highest BCUT2D eigenvalue weighted by Gasteiger charge is 2.20. The van der Waals surface area contributed by atoms with Crippen LogP contribution in [0.1, 0.15) is 20.7 Å². The molecule has 0 bridgehead atoms. The number of hydrogen-bond acceptors (Lipinski definition) is 4. The molecule has 1 rings (SSSR count). The Morgan fingerprint density at radius 1 is 1.67 bits per heavy atom. The van der Waals surface area contributed by atoms with Crippen molar-refractivity contribution in [2.45, 2.75) is 0 Å². The van der Waals surface area contributed by atoms with Crippen LogP contribution in [0.5, 0.6) is 11.5 Å². The van der Waals surface area contributed by atoms with Crippen molar-refractivity contribution in [3.63, 3.8) is 0 Å². The molecule has 0 fully saturated rings. The zero-order valence-electron chi connectivity index (χ0n) is 7.78. The first kappa shape index (κ1) is 11.0. The van der Waals surface area contributed by atoms with Crippen LogP contribution in [0.15, 0.2) is 6.07 Å². The van der Waals surface area contributed by atoms with Gasteiger partial charge in [-0.2, -0.15) is 0 Å². The van der Waals surface area contributed by atoms with E-state index in [4.69, 9.17) is 5.73 Å². The van der Waals surface area contributed by atoms with E-state index in [0.29, 0.717) is 0 Å². The van der Waals surface area contributed by atoms with Gasteiger partial charge in [-0.3, -0.25) is 9.59 Å². The summed E-state index contributed by atoms with van der Waals surface area (Å²) in [6.07, 6.45) is 0.268. The van der Waals surface area contributed by atoms with Crippen LogP contribution in [0.4, 0.5) is 4.39 Å². The quantitative estimate of drug-likeness (QED) is 0.713. The Balaban J connectivity index is 3.58. The number of benzene rings is 1. The van der Waals surface area contributed by atoms with Crippen LogP contribution in [-0.2, 0) is 0 Å². The van der Waals surface area contributed by atoms with E-state index in [0.717, 1.165) is 13.2 Å². The van der Waals surface area contributed by atoms with Gasteiger partial charge in [-0.1, -0.05) is 0 Å².